The van der Waals surface area contributed by atoms with Gasteiger partial charge in [0.15, 0.2) is 11.6 Å². The lowest BCUT2D eigenvalue weighted by molar-refractivity contribution is 0.280. The fourth-order valence-corrected chi connectivity index (χ4v) is 2.16. The van der Waals surface area contributed by atoms with Crippen LogP contribution in [-0.4, -0.2) is 56.8 Å². The molecule has 2 aromatic heterocycles. The van der Waals surface area contributed by atoms with E-state index in [1.165, 1.54) is 0 Å². The van der Waals surface area contributed by atoms with E-state index >= 15 is 0 Å². The summed E-state index contributed by atoms with van der Waals surface area (Å²) in [5, 5.41) is 29.0. The molecule has 0 bridgehead atoms. The number of benzene rings is 1. The quantitative estimate of drug-likeness (QED) is 0.573. The monoisotopic (exact) mass is 316 g/mol. The van der Waals surface area contributed by atoms with E-state index in [9.17, 15) is 10.2 Å². The predicted octanol–water partition coefficient (Wildman–Crippen LogP) is 0.547. The molecule has 0 amide bonds. The highest BCUT2D eigenvalue weighted by molar-refractivity contribution is 5.76. The average molecular weight is 316 g/mol. The second-order valence-corrected chi connectivity index (χ2v) is 4.73. The van der Waals surface area contributed by atoms with Crippen molar-refractivity contribution in [2.24, 2.45) is 0 Å². The van der Waals surface area contributed by atoms with E-state index in [-0.39, 0.29) is 24.5 Å². The van der Waals surface area contributed by atoms with Crippen molar-refractivity contribution in [2.45, 2.75) is 0 Å². The molecule has 1 aromatic carbocycles. The Balaban J connectivity index is 2.03. The van der Waals surface area contributed by atoms with E-state index in [4.69, 9.17) is 0 Å². The number of fused-ring (bicyclic) bond motifs is 1. The maximum atomic E-state index is 9.24. The molecule has 9 heteroatoms. The van der Waals surface area contributed by atoms with Crippen LogP contribution in [0.25, 0.3) is 11.3 Å². The molecule has 0 aliphatic carbocycles. The van der Waals surface area contributed by atoms with E-state index in [0.717, 1.165) is 5.69 Å². The summed E-state index contributed by atoms with van der Waals surface area (Å²) in [6.45, 7) is 0.439. The zero-order valence-corrected chi connectivity index (χ0v) is 12.3. The molecule has 0 fully saturated rings. The minimum Gasteiger partial charge on any atom is -0.395 e. The molecule has 0 aliphatic heterocycles. The fraction of sp³-hybridized carbons (Fsp3) is 0.286. The highest BCUT2D eigenvalue weighted by atomic mass is 16.6. The minimum atomic E-state index is -0.0818. The first-order valence-electron chi connectivity index (χ1n) is 7.11. The number of nitrogens with zero attached hydrogens (tertiary/aromatic N) is 5. The first-order valence-corrected chi connectivity index (χ1v) is 7.11. The van der Waals surface area contributed by atoms with Crippen LogP contribution in [0.3, 0.4) is 0 Å². The van der Waals surface area contributed by atoms with Gasteiger partial charge < -0.3 is 20.4 Å². The molecule has 23 heavy (non-hydrogen) atoms. The molecule has 0 radical (unpaired) electrons. The lowest BCUT2D eigenvalue weighted by Gasteiger charge is -2.23. The Morgan fingerprint density at radius 2 is 1.61 bits per heavy atom. The number of aliphatic hydroxyl groups is 2. The van der Waals surface area contributed by atoms with E-state index in [2.05, 4.69) is 30.2 Å². The third-order valence-corrected chi connectivity index (χ3v) is 3.17. The Morgan fingerprint density at radius 3 is 2.26 bits per heavy atom. The average Bonchev–Trinajstić information content (AvgIpc) is 3.02. The van der Waals surface area contributed by atoms with Crippen LogP contribution < -0.4 is 10.2 Å². The lowest BCUT2D eigenvalue weighted by atomic mass is 10.3. The summed E-state index contributed by atoms with van der Waals surface area (Å²) in [7, 11) is 0. The molecule has 2 heterocycles. The van der Waals surface area contributed by atoms with Gasteiger partial charge >= 0.3 is 0 Å². The molecule has 120 valence electrons. The Bertz CT molecular complexity index is 758. The second-order valence-electron chi connectivity index (χ2n) is 4.73. The summed E-state index contributed by atoms with van der Waals surface area (Å²) in [5.74, 6) is 0.904. The predicted molar refractivity (Wildman–Crippen MR) is 83.5 cm³/mol. The van der Waals surface area contributed by atoms with Crippen molar-refractivity contribution in [3.05, 3.63) is 30.3 Å². The van der Waals surface area contributed by atoms with Gasteiger partial charge in [0.2, 0.25) is 11.3 Å². The molecule has 0 spiro atoms. The molecule has 0 saturated carbocycles. The fourth-order valence-electron chi connectivity index (χ4n) is 2.16. The number of hydrogen-bond acceptors (Lipinski definition) is 9. The SMILES string of the molecule is OCCN(CCO)c1nc2nonc2nc1Nc1ccccc1. The maximum Gasteiger partial charge on any atom is 0.245 e. The van der Waals surface area contributed by atoms with Crippen molar-refractivity contribution in [2.75, 3.05) is 36.5 Å². The standard InChI is InChI=1S/C14H16N6O3/c21-8-6-20(7-9-22)14-13(15-10-4-2-1-3-5-10)16-11-12(17-14)19-23-18-11/h1-5,21-22H,6-9H2,(H,15,16,18). The Labute approximate surface area is 131 Å². The van der Waals surface area contributed by atoms with Crippen LogP contribution in [0.4, 0.5) is 17.3 Å². The summed E-state index contributed by atoms with van der Waals surface area (Å²) in [6.07, 6.45) is 0. The maximum absolute atomic E-state index is 9.24. The molecule has 9 nitrogen and oxygen atoms in total. The van der Waals surface area contributed by atoms with E-state index < -0.39 is 0 Å². The largest absolute Gasteiger partial charge is 0.395 e. The summed E-state index contributed by atoms with van der Waals surface area (Å²) < 4.78 is 4.65. The van der Waals surface area contributed by atoms with Crippen LogP contribution in [0.15, 0.2) is 35.0 Å². The normalized spacial score (nSPS) is 10.9. The summed E-state index contributed by atoms with van der Waals surface area (Å²) in [5.41, 5.74) is 1.37. The van der Waals surface area contributed by atoms with E-state index in [0.29, 0.717) is 24.7 Å². The van der Waals surface area contributed by atoms with E-state index in [1.54, 1.807) is 4.90 Å². The zero-order chi connectivity index (χ0) is 16.1. The van der Waals surface area contributed by atoms with Crippen LogP contribution in [0.1, 0.15) is 0 Å². The van der Waals surface area contributed by atoms with Gasteiger partial charge in [-0.05, 0) is 22.4 Å². The van der Waals surface area contributed by atoms with Crippen molar-refractivity contribution < 1.29 is 14.8 Å². The minimum absolute atomic E-state index is 0.0818. The van der Waals surface area contributed by atoms with Gasteiger partial charge in [-0.15, -0.1) is 0 Å². The van der Waals surface area contributed by atoms with Gasteiger partial charge in [-0.3, -0.25) is 0 Å². The van der Waals surface area contributed by atoms with Gasteiger partial charge in [0, 0.05) is 18.8 Å². The van der Waals surface area contributed by atoms with Gasteiger partial charge in [0.25, 0.3) is 0 Å². The number of aromatic nitrogens is 4. The number of para-hydroxylation sites is 1. The van der Waals surface area contributed by atoms with Gasteiger partial charge in [-0.1, -0.05) is 18.2 Å². The van der Waals surface area contributed by atoms with Crippen molar-refractivity contribution in [3.63, 3.8) is 0 Å². The number of aliphatic hydroxyl groups excluding tert-OH is 2. The van der Waals surface area contributed by atoms with Crippen molar-refractivity contribution in [1.82, 2.24) is 20.3 Å². The van der Waals surface area contributed by atoms with Crippen molar-refractivity contribution in [3.8, 4) is 0 Å². The summed E-state index contributed by atoms with van der Waals surface area (Å²) >= 11 is 0. The molecule has 0 saturated heterocycles. The molecular weight excluding hydrogens is 300 g/mol. The first-order chi connectivity index (χ1) is 11.3. The van der Waals surface area contributed by atoms with Crippen molar-refractivity contribution in [1.29, 1.82) is 0 Å². The first kappa shape index (κ1) is 15.1. The molecular formula is C14H16N6O3. The van der Waals surface area contributed by atoms with Crippen LogP contribution in [0.5, 0.6) is 0 Å². The summed E-state index contributed by atoms with van der Waals surface area (Å²) in [4.78, 5) is 10.5. The Hall–Kier alpha value is -2.78. The van der Waals surface area contributed by atoms with Crippen LogP contribution in [-0.2, 0) is 0 Å². The lowest BCUT2D eigenvalue weighted by Crippen LogP contribution is -2.31. The Morgan fingerprint density at radius 1 is 0.957 bits per heavy atom. The third-order valence-electron chi connectivity index (χ3n) is 3.17. The second kappa shape index (κ2) is 6.99. The molecule has 0 unspecified atom stereocenters. The molecule has 0 aliphatic rings. The third kappa shape index (κ3) is 3.35. The highest BCUT2D eigenvalue weighted by Crippen LogP contribution is 2.26. The number of anilines is 3. The molecule has 0 atom stereocenters. The molecule has 3 aromatic rings. The number of rotatable bonds is 7. The smallest absolute Gasteiger partial charge is 0.245 e. The zero-order valence-electron chi connectivity index (χ0n) is 12.3. The number of nitrogens with one attached hydrogen (secondary N) is 1. The van der Waals surface area contributed by atoms with Crippen LogP contribution >= 0.6 is 0 Å². The van der Waals surface area contributed by atoms with Crippen LogP contribution in [0, 0.1) is 0 Å². The van der Waals surface area contributed by atoms with Gasteiger partial charge in [0.1, 0.15) is 0 Å². The number of hydrogen-bond donors (Lipinski definition) is 3. The van der Waals surface area contributed by atoms with Crippen LogP contribution in [0.2, 0.25) is 0 Å². The van der Waals surface area contributed by atoms with Gasteiger partial charge in [-0.25, -0.2) is 14.6 Å². The summed E-state index contributed by atoms with van der Waals surface area (Å²) in [6, 6.07) is 9.47. The molecule has 3 rings (SSSR count). The van der Waals surface area contributed by atoms with Gasteiger partial charge in [0.05, 0.1) is 13.2 Å². The van der Waals surface area contributed by atoms with Crippen molar-refractivity contribution >= 4 is 28.6 Å². The molecule has 3 N–H and O–H groups in total. The Kier molecular flexibility index (Phi) is 4.60. The van der Waals surface area contributed by atoms with E-state index in [1.807, 2.05) is 30.3 Å². The van der Waals surface area contributed by atoms with Gasteiger partial charge in [-0.2, -0.15) is 0 Å². The highest BCUT2D eigenvalue weighted by Gasteiger charge is 2.18. The topological polar surface area (TPSA) is 120 Å².